The van der Waals surface area contributed by atoms with Crippen molar-refractivity contribution >= 4 is 23.0 Å². The van der Waals surface area contributed by atoms with Gasteiger partial charge in [-0.05, 0) is 62.4 Å². The molecule has 4 aromatic rings. The highest BCUT2D eigenvalue weighted by molar-refractivity contribution is 6.31. The van der Waals surface area contributed by atoms with Crippen molar-refractivity contribution in [3.63, 3.8) is 0 Å². The number of benzene rings is 2. The van der Waals surface area contributed by atoms with Crippen LogP contribution in [0.1, 0.15) is 42.3 Å². The number of tetrazole rings is 1. The fourth-order valence-corrected chi connectivity index (χ4v) is 5.44. The Morgan fingerprint density at radius 1 is 1.16 bits per heavy atom. The van der Waals surface area contributed by atoms with Gasteiger partial charge in [0.1, 0.15) is 45.4 Å². The number of aromatic hydroxyl groups is 2. The number of carbonyl (C=O) groups excluding carboxylic acids is 3. The Bertz CT molecular complexity index is 1940. The van der Waals surface area contributed by atoms with Crippen LogP contribution in [-0.2, 0) is 15.0 Å². The number of fused-ring (bicyclic) bond motifs is 3. The normalized spacial score (nSPS) is 18.5. The highest BCUT2D eigenvalue weighted by Gasteiger charge is 2.56. The lowest BCUT2D eigenvalue weighted by Gasteiger charge is -2.29. The SMILES string of the molecule is COc1ccc(NC(C)=C2C(=O)C=C3Oc4c(C(C)=O)c(O)c(C)c(O)c4[C@@]3(C)C2=O)cc1-n1nnnc1-n1cccn1. The second kappa shape index (κ2) is 9.65. The largest absolute Gasteiger partial charge is 0.507 e. The van der Waals surface area contributed by atoms with Crippen molar-refractivity contribution in [3.05, 3.63) is 76.5 Å². The highest BCUT2D eigenvalue weighted by Crippen LogP contribution is 2.57. The molecule has 2 aromatic carbocycles. The van der Waals surface area contributed by atoms with Gasteiger partial charge in [-0.3, -0.25) is 14.4 Å². The lowest BCUT2D eigenvalue weighted by Crippen LogP contribution is -2.40. The van der Waals surface area contributed by atoms with Crippen LogP contribution in [0.5, 0.6) is 23.0 Å². The van der Waals surface area contributed by atoms with Gasteiger partial charge in [0.15, 0.2) is 17.3 Å². The monoisotopic (exact) mass is 583 g/mol. The molecule has 0 unspecified atom stereocenters. The number of ether oxygens (including phenoxy) is 2. The van der Waals surface area contributed by atoms with Crippen LogP contribution >= 0.6 is 0 Å². The van der Waals surface area contributed by atoms with E-state index < -0.39 is 34.3 Å². The molecule has 0 fully saturated rings. The van der Waals surface area contributed by atoms with Gasteiger partial charge in [-0.1, -0.05) is 5.10 Å². The number of allylic oxidation sites excluding steroid dienone is 4. The van der Waals surface area contributed by atoms with E-state index in [1.165, 1.54) is 37.2 Å². The Morgan fingerprint density at radius 2 is 1.93 bits per heavy atom. The number of rotatable bonds is 6. The maximum absolute atomic E-state index is 14.1. The van der Waals surface area contributed by atoms with E-state index in [0.717, 1.165) is 6.08 Å². The van der Waals surface area contributed by atoms with E-state index >= 15 is 0 Å². The molecule has 0 spiro atoms. The van der Waals surface area contributed by atoms with Gasteiger partial charge in [0.25, 0.3) is 5.95 Å². The van der Waals surface area contributed by atoms with Gasteiger partial charge in [0.05, 0.1) is 18.2 Å². The number of anilines is 1. The smallest absolute Gasteiger partial charge is 0.275 e. The molecule has 43 heavy (non-hydrogen) atoms. The first-order valence-electron chi connectivity index (χ1n) is 13.0. The van der Waals surface area contributed by atoms with Crippen molar-refractivity contribution in [2.75, 3.05) is 12.4 Å². The van der Waals surface area contributed by atoms with E-state index in [4.69, 9.17) is 9.47 Å². The molecule has 1 aliphatic carbocycles. The van der Waals surface area contributed by atoms with E-state index in [1.807, 2.05) is 0 Å². The Kier molecular flexibility index (Phi) is 6.14. The molecule has 1 atom stereocenters. The number of aromatic nitrogens is 6. The Balaban J connectivity index is 1.43. The zero-order chi connectivity index (χ0) is 30.8. The topological polar surface area (TPSA) is 184 Å². The second-order valence-corrected chi connectivity index (χ2v) is 10.2. The van der Waals surface area contributed by atoms with Crippen molar-refractivity contribution < 1.29 is 34.1 Å². The van der Waals surface area contributed by atoms with Crippen molar-refractivity contribution in [2.24, 2.45) is 0 Å². The molecular formula is C29H25N7O7. The van der Waals surface area contributed by atoms with Crippen molar-refractivity contribution in [2.45, 2.75) is 33.1 Å². The molecule has 2 aliphatic rings. The van der Waals surface area contributed by atoms with Gasteiger partial charge in [0.2, 0.25) is 0 Å². The van der Waals surface area contributed by atoms with E-state index in [1.54, 1.807) is 43.6 Å². The lowest BCUT2D eigenvalue weighted by molar-refractivity contribution is -0.123. The van der Waals surface area contributed by atoms with Gasteiger partial charge in [-0.2, -0.15) is 9.78 Å². The molecule has 0 saturated carbocycles. The highest BCUT2D eigenvalue weighted by atomic mass is 16.5. The first-order chi connectivity index (χ1) is 20.5. The minimum absolute atomic E-state index is 0.0126. The van der Waals surface area contributed by atoms with E-state index in [-0.39, 0.29) is 39.5 Å². The first kappa shape index (κ1) is 27.4. The quantitative estimate of drug-likeness (QED) is 0.172. The van der Waals surface area contributed by atoms with E-state index in [9.17, 15) is 24.6 Å². The number of phenolic OH excluding ortho intramolecular Hbond substituents is 2. The summed E-state index contributed by atoms with van der Waals surface area (Å²) in [5.74, 6) is -2.11. The number of Topliss-reactive ketones (excluding diaryl/α,β-unsaturated/α-hetero) is 2. The second-order valence-electron chi connectivity index (χ2n) is 10.2. The lowest BCUT2D eigenvalue weighted by atomic mass is 9.70. The molecule has 0 bridgehead atoms. The molecule has 0 radical (unpaired) electrons. The third kappa shape index (κ3) is 3.90. The number of hydrogen-bond acceptors (Lipinski definition) is 12. The summed E-state index contributed by atoms with van der Waals surface area (Å²) in [5.41, 5.74) is -0.798. The molecule has 1 aliphatic heterocycles. The van der Waals surface area contributed by atoms with Gasteiger partial charge in [-0.15, -0.1) is 0 Å². The van der Waals surface area contributed by atoms with Gasteiger partial charge >= 0.3 is 0 Å². The number of methoxy groups -OCH3 is 1. The Labute approximate surface area is 243 Å². The van der Waals surface area contributed by atoms with Crippen LogP contribution in [0.3, 0.4) is 0 Å². The van der Waals surface area contributed by atoms with Crippen LogP contribution in [0.4, 0.5) is 5.69 Å². The molecule has 3 N–H and O–H groups in total. The average molecular weight is 584 g/mol. The minimum Gasteiger partial charge on any atom is -0.507 e. The molecule has 14 nitrogen and oxygen atoms in total. The summed E-state index contributed by atoms with van der Waals surface area (Å²) in [6.07, 6.45) is 4.42. The first-order valence-corrected chi connectivity index (χ1v) is 13.0. The van der Waals surface area contributed by atoms with Gasteiger partial charge in [-0.25, -0.2) is 4.68 Å². The van der Waals surface area contributed by atoms with Gasteiger partial charge < -0.3 is 25.0 Å². The summed E-state index contributed by atoms with van der Waals surface area (Å²) in [6, 6.07) is 6.76. The summed E-state index contributed by atoms with van der Waals surface area (Å²) >= 11 is 0. The molecular weight excluding hydrogens is 558 g/mol. The zero-order valence-corrected chi connectivity index (χ0v) is 23.7. The van der Waals surface area contributed by atoms with Crippen LogP contribution in [0, 0.1) is 6.92 Å². The van der Waals surface area contributed by atoms with Crippen molar-refractivity contribution in [3.8, 4) is 34.6 Å². The fourth-order valence-electron chi connectivity index (χ4n) is 5.44. The summed E-state index contributed by atoms with van der Waals surface area (Å²) in [4.78, 5) is 39.9. The molecule has 3 heterocycles. The summed E-state index contributed by atoms with van der Waals surface area (Å²) < 4.78 is 14.2. The maximum Gasteiger partial charge on any atom is 0.275 e. The molecule has 0 saturated heterocycles. The zero-order valence-electron chi connectivity index (χ0n) is 23.7. The van der Waals surface area contributed by atoms with Crippen molar-refractivity contribution in [1.82, 2.24) is 30.0 Å². The summed E-state index contributed by atoms with van der Waals surface area (Å²) in [6.45, 7) is 5.74. The number of nitrogens with one attached hydrogen (secondary N) is 1. The molecule has 2 aromatic heterocycles. The molecule has 14 heteroatoms. The van der Waals surface area contributed by atoms with E-state index in [0.29, 0.717) is 23.1 Å². The fraction of sp³-hybridized carbons (Fsp3) is 0.207. The maximum atomic E-state index is 14.1. The summed E-state index contributed by atoms with van der Waals surface area (Å²) in [5, 5.41) is 40.8. The van der Waals surface area contributed by atoms with Crippen LogP contribution in [0.25, 0.3) is 11.6 Å². The standard InChI is InChI=1S/C29H25N7O7/c1-13-24(39)22(15(3)37)26-23(25(13)40)29(4)20(43-26)12-18(38)21(27(29)41)14(2)31-16-7-8-19(42-5)17(11-16)36-28(32-33-34-36)35-10-6-9-30-35/h6-12,31,39-40H,1-5H3/t29-/m0/s1. The summed E-state index contributed by atoms with van der Waals surface area (Å²) in [7, 11) is 1.50. The third-order valence-electron chi connectivity index (χ3n) is 7.66. The molecule has 218 valence electrons. The number of nitrogens with zero attached hydrogens (tertiary/aromatic N) is 6. The van der Waals surface area contributed by atoms with E-state index in [2.05, 4.69) is 25.9 Å². The number of hydrogen-bond donors (Lipinski definition) is 3. The van der Waals surface area contributed by atoms with Gasteiger partial charge in [0, 0.05) is 35.4 Å². The number of phenols is 2. The molecule has 6 rings (SSSR count). The van der Waals surface area contributed by atoms with Crippen LogP contribution in [0.2, 0.25) is 0 Å². The minimum atomic E-state index is -1.63. The average Bonchev–Trinajstić information content (AvgIpc) is 3.72. The van der Waals surface area contributed by atoms with Crippen LogP contribution in [0.15, 0.2) is 59.8 Å². The predicted molar refractivity (Wildman–Crippen MR) is 150 cm³/mol. The number of carbonyl (C=O) groups is 3. The predicted octanol–water partition coefficient (Wildman–Crippen LogP) is 2.85. The molecule has 0 amide bonds. The van der Waals surface area contributed by atoms with Crippen LogP contribution < -0.4 is 14.8 Å². The Hall–Kier alpha value is -5.79. The Morgan fingerprint density at radius 3 is 2.60 bits per heavy atom. The number of ketones is 3. The van der Waals surface area contributed by atoms with Crippen molar-refractivity contribution in [1.29, 1.82) is 0 Å². The third-order valence-corrected chi connectivity index (χ3v) is 7.66. The van der Waals surface area contributed by atoms with Crippen LogP contribution in [-0.4, -0.2) is 64.7 Å².